The average Bonchev–Trinajstić information content (AvgIpc) is 2.95. The van der Waals surface area contributed by atoms with Crippen molar-refractivity contribution in [2.24, 2.45) is 0 Å². The van der Waals surface area contributed by atoms with Gasteiger partial charge in [-0.25, -0.2) is 0 Å². The molecule has 1 atom stereocenters. The molecule has 1 N–H and O–H groups in total. The van der Waals surface area contributed by atoms with E-state index < -0.39 is 17.1 Å². The molecule has 0 saturated heterocycles. The second-order valence-corrected chi connectivity index (χ2v) is 9.68. The lowest BCUT2D eigenvalue weighted by Crippen LogP contribution is -2.49. The summed E-state index contributed by atoms with van der Waals surface area (Å²) in [6, 6.07) is 11.2. The Hall–Kier alpha value is -2.83. The maximum absolute atomic E-state index is 13.3. The molecule has 0 spiro atoms. The molecule has 3 aromatic rings. The third-order valence-electron chi connectivity index (χ3n) is 6.76. The predicted molar refractivity (Wildman–Crippen MR) is 128 cm³/mol. The van der Waals surface area contributed by atoms with Crippen molar-refractivity contribution in [2.45, 2.75) is 44.7 Å². The minimum Gasteiger partial charge on any atom is -0.502 e. The molecule has 1 aromatic heterocycles. The Kier molecular flexibility index (Phi) is 5.46. The van der Waals surface area contributed by atoms with Crippen LogP contribution in [-0.2, 0) is 12.8 Å². The number of nitrogens with zero attached hydrogens (tertiary/aromatic N) is 3. The Morgan fingerprint density at radius 2 is 1.58 bits per heavy atom. The van der Waals surface area contributed by atoms with Gasteiger partial charge in [0.15, 0.2) is 11.4 Å². The highest BCUT2D eigenvalue weighted by Crippen LogP contribution is 2.46. The van der Waals surface area contributed by atoms with E-state index in [9.17, 15) is 14.7 Å². The maximum atomic E-state index is 13.3. The van der Waals surface area contributed by atoms with Gasteiger partial charge in [0.2, 0.25) is 5.43 Å². The Bertz CT molecular complexity index is 1280. The quantitative estimate of drug-likeness (QED) is 0.578. The molecule has 1 aliphatic carbocycles. The number of rotatable bonds is 2. The number of aromatic hydroxyl groups is 1. The van der Waals surface area contributed by atoms with Gasteiger partial charge in [0.25, 0.3) is 5.91 Å². The van der Waals surface area contributed by atoms with Crippen LogP contribution in [-0.4, -0.2) is 38.3 Å². The summed E-state index contributed by atoms with van der Waals surface area (Å²) < 4.78 is 1.52. The van der Waals surface area contributed by atoms with Gasteiger partial charge >= 0.3 is 0 Å². The molecule has 6 nitrogen and oxygen atoms in total. The van der Waals surface area contributed by atoms with E-state index in [1.54, 1.807) is 4.90 Å². The molecule has 0 radical (unpaired) electrons. The standard InChI is InChI=1S/C25H23Cl2N3O3/c1-13(2)29-12-20(30-23(25(29)33)24(32)21(31)11-28-30)22-16-5-3-7-18(26)14(16)9-10-15-17(22)6-4-8-19(15)27/h3-8,11,13,20,22,32H,9-10,12H2,1-2H3/t20-/m1/s1. The van der Waals surface area contributed by atoms with Crippen molar-refractivity contribution in [2.75, 3.05) is 6.54 Å². The molecular formula is C25H23Cl2N3O3. The van der Waals surface area contributed by atoms with E-state index >= 15 is 0 Å². The minimum atomic E-state index is -0.674. The number of benzene rings is 2. The van der Waals surface area contributed by atoms with Gasteiger partial charge in [-0.2, -0.15) is 5.10 Å². The number of hydrogen-bond donors (Lipinski definition) is 1. The fourth-order valence-corrected chi connectivity index (χ4v) is 5.74. The van der Waals surface area contributed by atoms with Crippen LogP contribution >= 0.6 is 23.2 Å². The molecule has 0 bridgehead atoms. The Morgan fingerprint density at radius 1 is 1.00 bits per heavy atom. The van der Waals surface area contributed by atoms with Crippen LogP contribution < -0.4 is 5.43 Å². The monoisotopic (exact) mass is 483 g/mol. The van der Waals surface area contributed by atoms with Gasteiger partial charge in [0.05, 0.1) is 12.2 Å². The second kappa shape index (κ2) is 8.19. The number of amides is 1. The van der Waals surface area contributed by atoms with Crippen LogP contribution in [0.15, 0.2) is 47.4 Å². The average molecular weight is 484 g/mol. The number of carbonyl (C=O) groups is 1. The normalized spacial score (nSPS) is 18.0. The molecule has 2 aliphatic rings. The molecule has 1 aliphatic heterocycles. The third-order valence-corrected chi connectivity index (χ3v) is 7.47. The zero-order chi connectivity index (χ0) is 23.4. The summed E-state index contributed by atoms with van der Waals surface area (Å²) in [5.74, 6) is -1.22. The third kappa shape index (κ3) is 3.44. The van der Waals surface area contributed by atoms with Crippen LogP contribution in [0.4, 0.5) is 0 Å². The first-order valence-electron chi connectivity index (χ1n) is 11.0. The van der Waals surface area contributed by atoms with Gasteiger partial charge in [-0.05, 0) is 61.1 Å². The zero-order valence-electron chi connectivity index (χ0n) is 18.3. The summed E-state index contributed by atoms with van der Waals surface area (Å²) >= 11 is 13.3. The van der Waals surface area contributed by atoms with E-state index in [0.29, 0.717) is 16.6 Å². The molecule has 0 unspecified atom stereocenters. The van der Waals surface area contributed by atoms with E-state index in [1.165, 1.54) is 4.68 Å². The second-order valence-electron chi connectivity index (χ2n) is 8.86. The molecule has 1 amide bonds. The van der Waals surface area contributed by atoms with Crippen molar-refractivity contribution in [3.8, 4) is 5.75 Å². The summed E-state index contributed by atoms with van der Waals surface area (Å²) in [5.41, 5.74) is 3.40. The Balaban J connectivity index is 1.82. The van der Waals surface area contributed by atoms with Crippen LogP contribution in [0.3, 0.4) is 0 Å². The van der Waals surface area contributed by atoms with E-state index in [2.05, 4.69) is 17.2 Å². The summed E-state index contributed by atoms with van der Waals surface area (Å²) in [6.45, 7) is 4.19. The highest BCUT2D eigenvalue weighted by molar-refractivity contribution is 6.32. The number of hydrogen-bond acceptors (Lipinski definition) is 4. The lowest BCUT2D eigenvalue weighted by molar-refractivity contribution is 0.0570. The number of carbonyl (C=O) groups excluding carboxylic acids is 1. The van der Waals surface area contributed by atoms with E-state index in [1.807, 2.05) is 38.1 Å². The molecule has 2 aromatic carbocycles. The van der Waals surface area contributed by atoms with Crippen LogP contribution in [0.25, 0.3) is 0 Å². The Morgan fingerprint density at radius 3 is 2.12 bits per heavy atom. The van der Waals surface area contributed by atoms with Gasteiger partial charge in [-0.15, -0.1) is 0 Å². The van der Waals surface area contributed by atoms with E-state index in [4.69, 9.17) is 23.2 Å². The fourth-order valence-electron chi connectivity index (χ4n) is 5.19. The van der Waals surface area contributed by atoms with E-state index in [0.717, 1.165) is 41.3 Å². The largest absolute Gasteiger partial charge is 0.502 e. The van der Waals surface area contributed by atoms with Crippen molar-refractivity contribution in [1.82, 2.24) is 14.7 Å². The van der Waals surface area contributed by atoms with Crippen molar-refractivity contribution in [1.29, 1.82) is 0 Å². The number of halogens is 2. The van der Waals surface area contributed by atoms with Crippen molar-refractivity contribution in [3.63, 3.8) is 0 Å². The molecule has 0 fully saturated rings. The van der Waals surface area contributed by atoms with Gasteiger partial charge in [0, 0.05) is 28.5 Å². The SMILES string of the molecule is CC(C)N1C[C@H](C2c3cccc(Cl)c3CCc3c(Cl)cccc32)n2ncc(=O)c(O)c2C1=O. The highest BCUT2D eigenvalue weighted by atomic mass is 35.5. The number of fused-ring (bicyclic) bond motifs is 3. The zero-order valence-corrected chi connectivity index (χ0v) is 19.8. The van der Waals surface area contributed by atoms with E-state index in [-0.39, 0.29) is 23.7 Å². The van der Waals surface area contributed by atoms with Crippen LogP contribution in [0.2, 0.25) is 10.0 Å². The molecule has 5 rings (SSSR count). The fraction of sp³-hybridized carbons (Fsp3) is 0.320. The molecule has 33 heavy (non-hydrogen) atoms. The first-order valence-corrected chi connectivity index (χ1v) is 11.7. The highest BCUT2D eigenvalue weighted by Gasteiger charge is 2.42. The van der Waals surface area contributed by atoms with Gasteiger partial charge < -0.3 is 10.0 Å². The summed E-state index contributed by atoms with van der Waals surface area (Å²) in [5, 5.41) is 16.3. The smallest absolute Gasteiger partial charge is 0.276 e. The molecule has 0 saturated carbocycles. The van der Waals surface area contributed by atoms with Crippen molar-refractivity contribution in [3.05, 3.63) is 90.8 Å². The first kappa shape index (κ1) is 22.0. The summed E-state index contributed by atoms with van der Waals surface area (Å²) in [4.78, 5) is 27.1. The summed E-state index contributed by atoms with van der Waals surface area (Å²) in [6.07, 6.45) is 2.54. The predicted octanol–water partition coefficient (Wildman–Crippen LogP) is 4.59. The molecule has 8 heteroatoms. The van der Waals surface area contributed by atoms with Gasteiger partial charge in [-0.3, -0.25) is 14.3 Å². The van der Waals surface area contributed by atoms with Crippen molar-refractivity contribution < 1.29 is 9.90 Å². The van der Waals surface area contributed by atoms with Crippen molar-refractivity contribution >= 4 is 29.1 Å². The van der Waals surface area contributed by atoms with Crippen LogP contribution in [0.1, 0.15) is 58.5 Å². The van der Waals surface area contributed by atoms with Gasteiger partial charge in [-0.1, -0.05) is 47.5 Å². The minimum absolute atomic E-state index is 0.0798. The molecule has 170 valence electrons. The Labute approximate surface area is 201 Å². The first-order chi connectivity index (χ1) is 15.8. The van der Waals surface area contributed by atoms with Gasteiger partial charge in [0.1, 0.15) is 0 Å². The number of aromatic nitrogens is 2. The maximum Gasteiger partial charge on any atom is 0.276 e. The van der Waals surface area contributed by atoms with Crippen LogP contribution in [0.5, 0.6) is 5.75 Å². The summed E-state index contributed by atoms with van der Waals surface area (Å²) in [7, 11) is 0. The molecule has 2 heterocycles. The molecular weight excluding hydrogens is 461 g/mol. The lowest BCUT2D eigenvalue weighted by atomic mass is 9.81. The van der Waals surface area contributed by atoms with Crippen LogP contribution in [0, 0.1) is 0 Å². The topological polar surface area (TPSA) is 75.4 Å². The lowest BCUT2D eigenvalue weighted by Gasteiger charge is -2.41.